The third-order valence-corrected chi connectivity index (χ3v) is 4.86. The molecule has 0 bridgehead atoms. The number of likely N-dealkylation sites (tertiary alicyclic amines) is 1. The lowest BCUT2D eigenvalue weighted by molar-refractivity contribution is 0.0754. The van der Waals surface area contributed by atoms with Crippen LogP contribution >= 0.6 is 0 Å². The van der Waals surface area contributed by atoms with Crippen molar-refractivity contribution in [2.45, 2.75) is 25.2 Å². The molecule has 2 aromatic rings. The topological polar surface area (TPSA) is 23.6 Å². The molecule has 2 aromatic carbocycles. The summed E-state index contributed by atoms with van der Waals surface area (Å²) in [6.07, 6.45) is 3.43. The Morgan fingerprint density at radius 1 is 1.00 bits per heavy atom. The van der Waals surface area contributed by atoms with E-state index < -0.39 is 0 Å². The van der Waals surface area contributed by atoms with Crippen molar-refractivity contribution >= 4 is 11.6 Å². The van der Waals surface area contributed by atoms with Crippen LogP contribution in [0, 0.1) is 0 Å². The first-order chi connectivity index (χ1) is 11.6. The third kappa shape index (κ3) is 3.78. The number of anilines is 1. The number of amides is 1. The molecular weight excluding hydrogens is 296 g/mol. The van der Waals surface area contributed by atoms with Gasteiger partial charge in [-0.2, -0.15) is 0 Å². The molecule has 1 unspecified atom stereocenters. The fourth-order valence-electron chi connectivity index (χ4n) is 3.41. The Kier molecular flexibility index (Phi) is 5.19. The molecule has 0 aliphatic carbocycles. The second kappa shape index (κ2) is 7.52. The molecule has 1 fully saturated rings. The van der Waals surface area contributed by atoms with Crippen LogP contribution in [-0.2, 0) is 0 Å². The maximum Gasteiger partial charge on any atom is 0.253 e. The molecule has 24 heavy (non-hydrogen) atoms. The van der Waals surface area contributed by atoms with E-state index >= 15 is 0 Å². The van der Waals surface area contributed by atoms with E-state index in [-0.39, 0.29) is 5.91 Å². The zero-order valence-electron chi connectivity index (χ0n) is 14.6. The molecule has 3 rings (SSSR count). The van der Waals surface area contributed by atoms with Gasteiger partial charge in [0.1, 0.15) is 0 Å². The highest BCUT2D eigenvalue weighted by Crippen LogP contribution is 2.27. The lowest BCUT2D eigenvalue weighted by Gasteiger charge is -2.25. The molecule has 1 amide bonds. The summed E-state index contributed by atoms with van der Waals surface area (Å²) in [6.45, 7) is 1.68. The van der Waals surface area contributed by atoms with Crippen molar-refractivity contribution in [3.8, 4) is 0 Å². The molecule has 1 aliphatic rings. The molecule has 0 N–H and O–H groups in total. The molecule has 0 radical (unpaired) electrons. The second-order valence-electron chi connectivity index (χ2n) is 6.80. The number of hydrogen-bond donors (Lipinski definition) is 0. The third-order valence-electron chi connectivity index (χ3n) is 4.86. The van der Waals surface area contributed by atoms with Crippen LogP contribution in [0.15, 0.2) is 54.6 Å². The number of hydrogen-bond acceptors (Lipinski definition) is 2. The highest BCUT2D eigenvalue weighted by atomic mass is 16.2. The SMILES string of the molecule is CN(C)c1ccc(C(=O)N2CCCCC(c3ccccc3)C2)cc1. The van der Waals surface area contributed by atoms with Gasteiger partial charge in [-0.25, -0.2) is 0 Å². The van der Waals surface area contributed by atoms with Gasteiger partial charge in [0.05, 0.1) is 0 Å². The van der Waals surface area contributed by atoms with E-state index in [4.69, 9.17) is 0 Å². The van der Waals surface area contributed by atoms with Crippen molar-refractivity contribution in [2.24, 2.45) is 0 Å². The van der Waals surface area contributed by atoms with Gasteiger partial charge >= 0.3 is 0 Å². The molecule has 3 nitrogen and oxygen atoms in total. The highest BCUT2D eigenvalue weighted by molar-refractivity contribution is 5.94. The molecule has 1 heterocycles. The van der Waals surface area contributed by atoms with Crippen molar-refractivity contribution in [3.63, 3.8) is 0 Å². The maximum atomic E-state index is 12.9. The van der Waals surface area contributed by atoms with E-state index in [1.54, 1.807) is 0 Å². The van der Waals surface area contributed by atoms with Crippen molar-refractivity contribution in [2.75, 3.05) is 32.1 Å². The Balaban J connectivity index is 1.75. The van der Waals surface area contributed by atoms with Crippen LogP contribution in [0.25, 0.3) is 0 Å². The fraction of sp³-hybridized carbons (Fsp3) is 0.381. The molecule has 126 valence electrons. The second-order valence-corrected chi connectivity index (χ2v) is 6.80. The number of carbonyl (C=O) groups excluding carboxylic acids is 1. The summed E-state index contributed by atoms with van der Waals surface area (Å²) in [6, 6.07) is 18.5. The number of carbonyl (C=O) groups is 1. The first-order valence-electron chi connectivity index (χ1n) is 8.77. The van der Waals surface area contributed by atoms with Crippen LogP contribution in [0.2, 0.25) is 0 Å². The zero-order valence-corrected chi connectivity index (χ0v) is 14.6. The van der Waals surface area contributed by atoms with Gasteiger partial charge < -0.3 is 9.80 Å². The van der Waals surface area contributed by atoms with Gasteiger partial charge in [0.25, 0.3) is 5.91 Å². The molecule has 1 atom stereocenters. The minimum absolute atomic E-state index is 0.156. The van der Waals surface area contributed by atoms with Crippen molar-refractivity contribution < 1.29 is 4.79 Å². The standard InChI is InChI=1S/C21H26N2O/c1-22(2)20-13-11-18(12-14-20)21(24)23-15-7-6-10-19(16-23)17-8-4-3-5-9-17/h3-5,8-9,11-14,19H,6-7,10,15-16H2,1-2H3. The van der Waals surface area contributed by atoms with Gasteiger partial charge in [0, 0.05) is 44.4 Å². The summed E-state index contributed by atoms with van der Waals surface area (Å²) in [5, 5.41) is 0. The summed E-state index contributed by atoms with van der Waals surface area (Å²) in [5.41, 5.74) is 3.25. The van der Waals surface area contributed by atoms with Crippen LogP contribution in [0.4, 0.5) is 5.69 Å². The fourth-order valence-corrected chi connectivity index (χ4v) is 3.41. The average molecular weight is 322 g/mol. The Labute approximate surface area is 144 Å². The quantitative estimate of drug-likeness (QED) is 0.847. The van der Waals surface area contributed by atoms with Crippen molar-refractivity contribution in [3.05, 3.63) is 65.7 Å². The highest BCUT2D eigenvalue weighted by Gasteiger charge is 2.23. The smallest absolute Gasteiger partial charge is 0.253 e. The van der Waals surface area contributed by atoms with Gasteiger partial charge in [-0.1, -0.05) is 36.8 Å². The van der Waals surface area contributed by atoms with Gasteiger partial charge in [-0.3, -0.25) is 4.79 Å². The molecule has 1 aliphatic heterocycles. The monoisotopic (exact) mass is 322 g/mol. The average Bonchev–Trinajstić information content (AvgIpc) is 2.88. The number of benzene rings is 2. The molecular formula is C21H26N2O. The zero-order chi connectivity index (χ0) is 16.9. The van der Waals surface area contributed by atoms with E-state index in [1.807, 2.05) is 48.2 Å². The summed E-state index contributed by atoms with van der Waals surface area (Å²) >= 11 is 0. The molecule has 1 saturated heterocycles. The summed E-state index contributed by atoms with van der Waals surface area (Å²) < 4.78 is 0. The van der Waals surface area contributed by atoms with Gasteiger partial charge in [-0.05, 0) is 42.7 Å². The predicted molar refractivity (Wildman–Crippen MR) is 99.7 cm³/mol. The Hall–Kier alpha value is -2.29. The molecule has 3 heteroatoms. The van der Waals surface area contributed by atoms with Crippen molar-refractivity contribution in [1.82, 2.24) is 4.90 Å². The maximum absolute atomic E-state index is 12.9. The van der Waals surface area contributed by atoms with Crippen LogP contribution in [-0.4, -0.2) is 38.0 Å². The van der Waals surface area contributed by atoms with Crippen LogP contribution in [0.1, 0.15) is 41.1 Å². The normalized spacial score (nSPS) is 18.1. The minimum Gasteiger partial charge on any atom is -0.378 e. The molecule has 0 spiro atoms. The molecule has 0 aromatic heterocycles. The number of nitrogens with zero attached hydrogens (tertiary/aromatic N) is 2. The first-order valence-corrected chi connectivity index (χ1v) is 8.77. The molecule has 0 saturated carbocycles. The Morgan fingerprint density at radius 3 is 2.38 bits per heavy atom. The van der Waals surface area contributed by atoms with Gasteiger partial charge in [-0.15, -0.1) is 0 Å². The van der Waals surface area contributed by atoms with E-state index in [0.29, 0.717) is 5.92 Å². The number of rotatable bonds is 3. The summed E-state index contributed by atoms with van der Waals surface area (Å²) in [5.74, 6) is 0.599. The Morgan fingerprint density at radius 2 is 1.71 bits per heavy atom. The predicted octanol–water partition coefficient (Wildman–Crippen LogP) is 4.16. The summed E-state index contributed by atoms with van der Waals surface area (Å²) in [4.78, 5) is 17.0. The van der Waals surface area contributed by atoms with E-state index in [9.17, 15) is 4.79 Å². The van der Waals surface area contributed by atoms with E-state index in [1.165, 1.54) is 12.0 Å². The minimum atomic E-state index is 0.156. The first kappa shape index (κ1) is 16.6. The van der Waals surface area contributed by atoms with Gasteiger partial charge in [0.15, 0.2) is 0 Å². The van der Waals surface area contributed by atoms with Crippen LogP contribution in [0.3, 0.4) is 0 Å². The lowest BCUT2D eigenvalue weighted by Crippen LogP contribution is -2.34. The summed E-state index contributed by atoms with van der Waals surface area (Å²) in [7, 11) is 4.02. The van der Waals surface area contributed by atoms with Crippen molar-refractivity contribution in [1.29, 1.82) is 0 Å². The van der Waals surface area contributed by atoms with Crippen LogP contribution < -0.4 is 4.90 Å². The van der Waals surface area contributed by atoms with E-state index in [2.05, 4.69) is 30.3 Å². The lowest BCUT2D eigenvalue weighted by atomic mass is 9.94. The van der Waals surface area contributed by atoms with Gasteiger partial charge in [0.2, 0.25) is 0 Å². The Bertz CT molecular complexity index is 664. The van der Waals surface area contributed by atoms with Crippen LogP contribution in [0.5, 0.6) is 0 Å². The largest absolute Gasteiger partial charge is 0.378 e. The van der Waals surface area contributed by atoms with E-state index in [0.717, 1.165) is 37.2 Å².